The zero-order valence-electron chi connectivity index (χ0n) is 16.0. The second-order valence-corrected chi connectivity index (χ2v) is 7.83. The van der Waals surface area contributed by atoms with Gasteiger partial charge in [0.15, 0.2) is 9.84 Å². The molecule has 0 N–H and O–H groups in total. The fourth-order valence-electron chi connectivity index (χ4n) is 2.57. The average molecular weight is 407 g/mol. The van der Waals surface area contributed by atoms with E-state index in [2.05, 4.69) is 0 Å². The van der Waals surface area contributed by atoms with Crippen molar-refractivity contribution < 1.29 is 32.2 Å². The topological polar surface area (TPSA) is 99.2 Å². The number of carbonyl (C=O) groups excluding carboxylic acids is 2. The average Bonchev–Trinajstić information content (AvgIpc) is 2.94. The van der Waals surface area contributed by atoms with E-state index in [1.165, 1.54) is 63.6 Å². The third-order valence-electron chi connectivity index (χ3n) is 4.04. The number of sulfone groups is 1. The molecule has 0 fully saturated rings. The summed E-state index contributed by atoms with van der Waals surface area (Å²) in [4.78, 5) is 26.1. The number of hydrogen-bond acceptors (Lipinski definition) is 8. The summed E-state index contributed by atoms with van der Waals surface area (Å²) in [6.45, 7) is 1.53. The lowest BCUT2D eigenvalue weighted by Crippen LogP contribution is -2.27. The molecular formula is C19H21NO7S. The van der Waals surface area contributed by atoms with Crippen LogP contribution in [0.1, 0.15) is 6.92 Å². The van der Waals surface area contributed by atoms with Crippen molar-refractivity contribution in [3.8, 4) is 5.75 Å². The van der Waals surface area contributed by atoms with E-state index in [1.807, 2.05) is 0 Å². The summed E-state index contributed by atoms with van der Waals surface area (Å²) in [5.74, 6) is -1.35. The van der Waals surface area contributed by atoms with E-state index in [4.69, 9.17) is 14.2 Å². The van der Waals surface area contributed by atoms with Crippen molar-refractivity contribution >= 4 is 27.5 Å². The third-order valence-corrected chi connectivity index (χ3v) is 5.77. The Labute approximate surface area is 163 Å². The van der Waals surface area contributed by atoms with Crippen LogP contribution in [0.15, 0.2) is 58.8 Å². The molecule has 28 heavy (non-hydrogen) atoms. The maximum atomic E-state index is 12.5. The Morgan fingerprint density at radius 2 is 1.71 bits per heavy atom. The number of esters is 2. The van der Waals surface area contributed by atoms with Gasteiger partial charge in [0.25, 0.3) is 0 Å². The highest BCUT2D eigenvalue weighted by Gasteiger charge is 2.29. The van der Waals surface area contributed by atoms with Crippen molar-refractivity contribution in [1.82, 2.24) is 0 Å². The molecule has 0 unspecified atom stereocenters. The minimum atomic E-state index is -3.52. The molecule has 0 amide bonds. The highest BCUT2D eigenvalue weighted by atomic mass is 32.2. The fraction of sp³-hybridized carbons (Fsp3) is 0.263. The van der Waals surface area contributed by atoms with Gasteiger partial charge < -0.3 is 19.1 Å². The number of carbonyl (C=O) groups is 2. The molecule has 0 spiro atoms. The summed E-state index contributed by atoms with van der Waals surface area (Å²) < 4.78 is 39.6. The predicted octanol–water partition coefficient (Wildman–Crippen LogP) is 1.98. The van der Waals surface area contributed by atoms with Gasteiger partial charge in [0.05, 0.1) is 43.2 Å². The van der Waals surface area contributed by atoms with Gasteiger partial charge in [-0.1, -0.05) is 13.0 Å². The van der Waals surface area contributed by atoms with Crippen LogP contribution in [-0.2, 0) is 28.9 Å². The lowest BCUT2D eigenvalue weighted by atomic mass is 10.1. The van der Waals surface area contributed by atoms with E-state index in [1.54, 1.807) is 12.2 Å². The number of rotatable bonds is 6. The van der Waals surface area contributed by atoms with Crippen LogP contribution in [0.25, 0.3) is 0 Å². The molecular weight excluding hydrogens is 386 g/mol. The van der Waals surface area contributed by atoms with Crippen molar-refractivity contribution in [2.75, 3.05) is 32.0 Å². The number of ether oxygens (including phenoxy) is 3. The Hall–Kier alpha value is -3.07. The molecule has 1 aliphatic heterocycles. The zero-order chi connectivity index (χ0) is 20.9. The monoisotopic (exact) mass is 407 g/mol. The molecule has 0 aromatic heterocycles. The molecule has 0 bridgehead atoms. The van der Waals surface area contributed by atoms with E-state index < -0.39 is 21.8 Å². The molecule has 1 aromatic rings. The maximum absolute atomic E-state index is 12.5. The smallest absolute Gasteiger partial charge is 0.355 e. The standard InChI is InChI=1S/C19H21NO7S/c1-5-28(23,24)13-9-10-16(25-2)15(12-13)20-11-7-6-8-14(18(21)26-3)17(20)19(22)27-4/h6-12H,5H2,1-4H3. The van der Waals surface area contributed by atoms with Crippen LogP contribution in [0, 0.1) is 0 Å². The van der Waals surface area contributed by atoms with Crippen LogP contribution in [0.2, 0.25) is 0 Å². The molecule has 9 heteroatoms. The highest BCUT2D eigenvalue weighted by Crippen LogP contribution is 2.36. The summed E-state index contributed by atoms with van der Waals surface area (Å²) in [7, 11) is 0.262. The van der Waals surface area contributed by atoms with E-state index in [0.29, 0.717) is 5.75 Å². The molecule has 8 nitrogen and oxygen atoms in total. The largest absolute Gasteiger partial charge is 0.495 e. The van der Waals surface area contributed by atoms with E-state index in [0.717, 1.165) is 0 Å². The van der Waals surface area contributed by atoms with Crippen LogP contribution in [0.3, 0.4) is 0 Å². The van der Waals surface area contributed by atoms with E-state index >= 15 is 0 Å². The van der Waals surface area contributed by atoms with Crippen molar-refractivity contribution in [1.29, 1.82) is 0 Å². The quantitative estimate of drug-likeness (QED) is 0.660. The maximum Gasteiger partial charge on any atom is 0.355 e. The zero-order valence-corrected chi connectivity index (χ0v) is 16.8. The molecule has 0 atom stereocenters. The summed E-state index contributed by atoms with van der Waals surface area (Å²) in [5, 5.41) is 0. The Bertz CT molecular complexity index is 974. The van der Waals surface area contributed by atoms with Crippen LogP contribution < -0.4 is 9.64 Å². The molecule has 0 saturated heterocycles. The minimum Gasteiger partial charge on any atom is -0.495 e. The summed E-state index contributed by atoms with van der Waals surface area (Å²) in [6.07, 6.45) is 6.04. The molecule has 0 radical (unpaired) electrons. The first-order chi connectivity index (χ1) is 13.3. The van der Waals surface area contributed by atoms with Gasteiger partial charge in [0.1, 0.15) is 11.4 Å². The second-order valence-electron chi connectivity index (χ2n) is 5.55. The number of allylic oxidation sites excluding steroid dienone is 2. The van der Waals surface area contributed by atoms with Gasteiger partial charge in [0.2, 0.25) is 0 Å². The predicted molar refractivity (Wildman–Crippen MR) is 103 cm³/mol. The molecule has 1 heterocycles. The number of hydrogen-bond donors (Lipinski definition) is 0. The third kappa shape index (κ3) is 4.09. The molecule has 2 rings (SSSR count). The van der Waals surface area contributed by atoms with Gasteiger partial charge in [-0.05, 0) is 30.4 Å². The van der Waals surface area contributed by atoms with Crippen LogP contribution in [-0.4, -0.2) is 47.4 Å². The van der Waals surface area contributed by atoms with Crippen LogP contribution >= 0.6 is 0 Å². The summed E-state index contributed by atoms with van der Waals surface area (Å²) in [5.41, 5.74) is 0.0626. The van der Waals surface area contributed by atoms with Crippen molar-refractivity contribution in [2.24, 2.45) is 0 Å². The SMILES string of the molecule is CCS(=O)(=O)c1ccc(OC)c(N2C=CC=CC(C(=O)OC)=C2C(=O)OC)c1. The van der Waals surface area contributed by atoms with Crippen molar-refractivity contribution in [2.45, 2.75) is 11.8 Å². The molecule has 150 valence electrons. The fourth-order valence-corrected chi connectivity index (χ4v) is 3.47. The lowest BCUT2D eigenvalue weighted by Gasteiger charge is -2.25. The minimum absolute atomic E-state index is 0.0508. The first kappa shape index (κ1) is 21.2. The molecule has 0 aliphatic carbocycles. The molecule has 1 aliphatic rings. The summed E-state index contributed by atoms with van der Waals surface area (Å²) in [6, 6.07) is 4.28. The number of anilines is 1. The van der Waals surface area contributed by atoms with Gasteiger partial charge in [-0.3, -0.25) is 0 Å². The van der Waals surface area contributed by atoms with Gasteiger partial charge in [-0.2, -0.15) is 0 Å². The van der Waals surface area contributed by atoms with E-state index in [9.17, 15) is 18.0 Å². The highest BCUT2D eigenvalue weighted by molar-refractivity contribution is 7.91. The van der Waals surface area contributed by atoms with Gasteiger partial charge >= 0.3 is 11.9 Å². The van der Waals surface area contributed by atoms with Gasteiger partial charge in [-0.25, -0.2) is 18.0 Å². The number of methoxy groups -OCH3 is 3. The Morgan fingerprint density at radius 3 is 2.29 bits per heavy atom. The Morgan fingerprint density at radius 1 is 1.04 bits per heavy atom. The van der Waals surface area contributed by atoms with Crippen molar-refractivity contribution in [3.05, 3.63) is 53.9 Å². The van der Waals surface area contributed by atoms with E-state index in [-0.39, 0.29) is 27.6 Å². The first-order valence-electron chi connectivity index (χ1n) is 8.26. The summed E-state index contributed by atoms with van der Waals surface area (Å²) >= 11 is 0. The van der Waals surface area contributed by atoms with Crippen LogP contribution in [0.4, 0.5) is 5.69 Å². The lowest BCUT2D eigenvalue weighted by molar-refractivity contribution is -0.139. The number of benzene rings is 1. The van der Waals surface area contributed by atoms with Crippen molar-refractivity contribution in [3.63, 3.8) is 0 Å². The Balaban J connectivity index is 2.81. The van der Waals surface area contributed by atoms with Gasteiger partial charge in [0, 0.05) is 6.20 Å². The molecule has 1 aromatic carbocycles. The molecule has 0 saturated carbocycles. The van der Waals surface area contributed by atoms with Gasteiger partial charge in [-0.15, -0.1) is 0 Å². The first-order valence-corrected chi connectivity index (χ1v) is 9.91. The second kappa shape index (κ2) is 8.75. The van der Waals surface area contributed by atoms with Crippen LogP contribution in [0.5, 0.6) is 5.75 Å². The normalized spacial score (nSPS) is 13.9. The Kier molecular flexibility index (Phi) is 6.63. The number of nitrogens with zero attached hydrogens (tertiary/aromatic N) is 1.